The van der Waals surface area contributed by atoms with Gasteiger partial charge in [-0.1, -0.05) is 46.3 Å². The summed E-state index contributed by atoms with van der Waals surface area (Å²) in [5.41, 5.74) is 2.20. The van der Waals surface area contributed by atoms with Gasteiger partial charge in [-0.25, -0.2) is 0 Å². The first kappa shape index (κ1) is 16.0. The van der Waals surface area contributed by atoms with Gasteiger partial charge in [0.25, 0.3) is 0 Å². The average Bonchev–Trinajstić information content (AvgIpc) is 2.38. The van der Waals surface area contributed by atoms with Crippen LogP contribution in [0.25, 0.3) is 0 Å². The molecule has 0 aromatic heterocycles. The van der Waals surface area contributed by atoms with E-state index < -0.39 is 0 Å². The Kier molecular flexibility index (Phi) is 4.96. The van der Waals surface area contributed by atoms with Crippen molar-refractivity contribution >= 4 is 0 Å². The standard InChI is InChI=1S/C18H32O2/c1-17(2,3)15-8-11-20-16(12-15)13-18(4,5)14-6-9-19-10-7-14/h8,14,16H,6-7,9-13H2,1-5H3. The highest BCUT2D eigenvalue weighted by molar-refractivity contribution is 5.14. The normalized spacial score (nSPS) is 26.4. The van der Waals surface area contributed by atoms with Crippen LogP contribution in [0.3, 0.4) is 0 Å². The molecule has 0 aromatic rings. The molecule has 116 valence electrons. The molecule has 0 radical (unpaired) electrons. The Bertz CT molecular complexity index is 343. The van der Waals surface area contributed by atoms with Gasteiger partial charge in [0.1, 0.15) is 0 Å². The third-order valence-corrected chi connectivity index (χ3v) is 5.15. The van der Waals surface area contributed by atoms with Crippen molar-refractivity contribution in [2.75, 3.05) is 19.8 Å². The third-order valence-electron chi connectivity index (χ3n) is 5.15. The molecule has 2 heteroatoms. The van der Waals surface area contributed by atoms with Crippen LogP contribution in [0.2, 0.25) is 0 Å². The first-order valence-electron chi connectivity index (χ1n) is 8.18. The molecule has 0 aromatic carbocycles. The Morgan fingerprint density at radius 3 is 2.35 bits per heavy atom. The molecular weight excluding hydrogens is 248 g/mol. The molecule has 2 nitrogen and oxygen atoms in total. The maximum atomic E-state index is 6.02. The van der Waals surface area contributed by atoms with E-state index in [0.717, 1.165) is 32.2 Å². The molecule has 0 N–H and O–H groups in total. The second kappa shape index (κ2) is 6.19. The van der Waals surface area contributed by atoms with Gasteiger partial charge >= 0.3 is 0 Å². The fraction of sp³-hybridized carbons (Fsp3) is 0.889. The van der Waals surface area contributed by atoms with Crippen molar-refractivity contribution in [1.82, 2.24) is 0 Å². The summed E-state index contributed by atoms with van der Waals surface area (Å²) < 4.78 is 11.5. The van der Waals surface area contributed by atoms with Crippen LogP contribution in [0.4, 0.5) is 0 Å². The number of hydrogen-bond acceptors (Lipinski definition) is 2. The fourth-order valence-corrected chi connectivity index (χ4v) is 3.65. The number of rotatable bonds is 3. The molecule has 0 spiro atoms. The maximum Gasteiger partial charge on any atom is 0.0654 e. The van der Waals surface area contributed by atoms with Crippen LogP contribution in [-0.2, 0) is 9.47 Å². The van der Waals surface area contributed by atoms with Crippen LogP contribution in [-0.4, -0.2) is 25.9 Å². The molecule has 0 aliphatic carbocycles. The topological polar surface area (TPSA) is 18.5 Å². The monoisotopic (exact) mass is 280 g/mol. The van der Waals surface area contributed by atoms with Crippen LogP contribution >= 0.6 is 0 Å². The fourth-order valence-electron chi connectivity index (χ4n) is 3.65. The van der Waals surface area contributed by atoms with Gasteiger partial charge in [0.15, 0.2) is 0 Å². The number of hydrogen-bond donors (Lipinski definition) is 0. The van der Waals surface area contributed by atoms with Crippen LogP contribution < -0.4 is 0 Å². The summed E-state index contributed by atoms with van der Waals surface area (Å²) in [7, 11) is 0. The van der Waals surface area contributed by atoms with E-state index in [9.17, 15) is 0 Å². The van der Waals surface area contributed by atoms with E-state index in [0.29, 0.717) is 11.5 Å². The van der Waals surface area contributed by atoms with Gasteiger partial charge in [-0.05, 0) is 42.4 Å². The van der Waals surface area contributed by atoms with Crippen molar-refractivity contribution in [3.63, 3.8) is 0 Å². The molecule has 0 bridgehead atoms. The van der Waals surface area contributed by atoms with E-state index in [1.807, 2.05) is 0 Å². The first-order chi connectivity index (χ1) is 9.29. The summed E-state index contributed by atoms with van der Waals surface area (Å²) in [5.74, 6) is 0.781. The Labute approximate surface area is 124 Å². The summed E-state index contributed by atoms with van der Waals surface area (Å²) in [6.45, 7) is 14.4. The number of ether oxygens (including phenoxy) is 2. The molecule has 0 saturated carbocycles. The van der Waals surface area contributed by atoms with E-state index in [1.165, 1.54) is 19.3 Å². The Balaban J connectivity index is 1.94. The molecular formula is C18H32O2. The Morgan fingerprint density at radius 1 is 1.10 bits per heavy atom. The predicted octanol–water partition coefficient (Wildman–Crippen LogP) is 4.59. The van der Waals surface area contributed by atoms with Crippen LogP contribution in [0.5, 0.6) is 0 Å². The van der Waals surface area contributed by atoms with Gasteiger partial charge in [-0.2, -0.15) is 0 Å². The summed E-state index contributed by atoms with van der Waals surface area (Å²) >= 11 is 0. The van der Waals surface area contributed by atoms with Crippen LogP contribution in [0.1, 0.15) is 60.3 Å². The lowest BCUT2D eigenvalue weighted by atomic mass is 9.70. The van der Waals surface area contributed by atoms with E-state index in [4.69, 9.17) is 9.47 Å². The second-order valence-electron chi connectivity index (χ2n) is 8.22. The van der Waals surface area contributed by atoms with Crippen molar-refractivity contribution in [3.05, 3.63) is 11.6 Å². The zero-order valence-corrected chi connectivity index (χ0v) is 14.0. The molecule has 1 atom stereocenters. The molecule has 20 heavy (non-hydrogen) atoms. The van der Waals surface area contributed by atoms with Crippen LogP contribution in [0, 0.1) is 16.7 Å². The predicted molar refractivity (Wildman–Crippen MR) is 83.8 cm³/mol. The molecule has 1 saturated heterocycles. The van der Waals surface area contributed by atoms with Crippen LogP contribution in [0.15, 0.2) is 11.6 Å². The van der Waals surface area contributed by atoms with Gasteiger partial charge in [-0.15, -0.1) is 0 Å². The minimum Gasteiger partial charge on any atom is -0.381 e. The van der Waals surface area contributed by atoms with E-state index >= 15 is 0 Å². The van der Waals surface area contributed by atoms with Gasteiger partial charge < -0.3 is 9.47 Å². The smallest absolute Gasteiger partial charge is 0.0654 e. The first-order valence-corrected chi connectivity index (χ1v) is 8.18. The summed E-state index contributed by atoms with van der Waals surface area (Å²) in [4.78, 5) is 0. The van der Waals surface area contributed by atoms with Gasteiger partial charge in [-0.3, -0.25) is 0 Å². The summed E-state index contributed by atoms with van der Waals surface area (Å²) in [6, 6.07) is 0. The zero-order valence-electron chi connectivity index (χ0n) is 14.0. The van der Waals surface area contributed by atoms with E-state index in [1.54, 1.807) is 5.57 Å². The van der Waals surface area contributed by atoms with E-state index in [-0.39, 0.29) is 5.41 Å². The highest BCUT2D eigenvalue weighted by Gasteiger charge is 2.35. The van der Waals surface area contributed by atoms with Gasteiger partial charge in [0.2, 0.25) is 0 Å². The largest absolute Gasteiger partial charge is 0.381 e. The maximum absolute atomic E-state index is 6.02. The summed E-state index contributed by atoms with van der Waals surface area (Å²) in [5, 5.41) is 0. The van der Waals surface area contributed by atoms with Gasteiger partial charge in [0.05, 0.1) is 12.7 Å². The zero-order chi connectivity index (χ0) is 14.8. The lowest BCUT2D eigenvalue weighted by Gasteiger charge is -2.41. The van der Waals surface area contributed by atoms with Crippen molar-refractivity contribution in [3.8, 4) is 0 Å². The summed E-state index contributed by atoms with van der Waals surface area (Å²) in [6.07, 6.45) is 7.38. The highest BCUT2D eigenvalue weighted by Crippen LogP contribution is 2.41. The quantitative estimate of drug-likeness (QED) is 0.704. The van der Waals surface area contributed by atoms with E-state index in [2.05, 4.69) is 40.7 Å². The SMILES string of the molecule is CC(C)(C)C1=CCOC(CC(C)(C)C2CCOCC2)C1. The molecule has 1 fully saturated rings. The Hall–Kier alpha value is -0.340. The Morgan fingerprint density at radius 2 is 1.75 bits per heavy atom. The van der Waals surface area contributed by atoms with Gasteiger partial charge in [0, 0.05) is 13.2 Å². The van der Waals surface area contributed by atoms with Crippen molar-refractivity contribution < 1.29 is 9.47 Å². The van der Waals surface area contributed by atoms with Crippen molar-refractivity contribution in [1.29, 1.82) is 0 Å². The van der Waals surface area contributed by atoms with Crippen molar-refractivity contribution in [2.45, 2.75) is 66.4 Å². The highest BCUT2D eigenvalue weighted by atomic mass is 16.5. The van der Waals surface area contributed by atoms with Crippen molar-refractivity contribution in [2.24, 2.45) is 16.7 Å². The lowest BCUT2D eigenvalue weighted by molar-refractivity contribution is -0.0208. The molecule has 2 heterocycles. The third kappa shape index (κ3) is 4.08. The molecule has 2 aliphatic rings. The molecule has 1 unspecified atom stereocenters. The average molecular weight is 280 g/mol. The molecule has 0 amide bonds. The molecule has 2 aliphatic heterocycles. The minimum atomic E-state index is 0.283. The second-order valence-corrected chi connectivity index (χ2v) is 8.22. The molecule has 2 rings (SSSR count). The minimum absolute atomic E-state index is 0.283. The lowest BCUT2D eigenvalue weighted by Crippen LogP contribution is -2.35.